The molecule has 0 aromatic heterocycles. The highest BCUT2D eigenvalue weighted by Crippen LogP contribution is 2.07. The molecule has 1 aromatic rings. The van der Waals surface area contributed by atoms with Crippen LogP contribution in [-0.2, 0) is 30.4 Å². The van der Waals surface area contributed by atoms with Gasteiger partial charge in [0.2, 0.25) is 23.6 Å². The summed E-state index contributed by atoms with van der Waals surface area (Å²) in [5.74, 6) is -4.49. The Morgan fingerprint density at radius 2 is 1.51 bits per heavy atom. The second kappa shape index (κ2) is 16.2. The summed E-state index contributed by atoms with van der Waals surface area (Å²) >= 11 is 0. The van der Waals surface area contributed by atoms with Crippen molar-refractivity contribution in [2.24, 2.45) is 17.2 Å². The normalized spacial score (nSPS) is 14.9. The summed E-state index contributed by atoms with van der Waals surface area (Å²) in [5.41, 5.74) is 17.2. The maximum Gasteiger partial charge on any atom is 0.326 e. The van der Waals surface area contributed by atoms with Gasteiger partial charge in [0, 0.05) is 12.8 Å². The van der Waals surface area contributed by atoms with Gasteiger partial charge in [0.25, 0.3) is 0 Å². The predicted molar refractivity (Wildman–Crippen MR) is 135 cm³/mol. The van der Waals surface area contributed by atoms with Gasteiger partial charge in [-0.15, -0.1) is 0 Å². The van der Waals surface area contributed by atoms with Gasteiger partial charge in [0.1, 0.15) is 18.1 Å². The number of aliphatic carboxylic acids is 1. The Balaban J connectivity index is 3.02. The average Bonchev–Trinajstić information content (AvgIpc) is 2.84. The average molecular weight is 523 g/mol. The molecule has 0 aliphatic heterocycles. The molecule has 37 heavy (non-hydrogen) atoms. The fraction of sp³-hybridized carbons (Fsp3) is 0.542. The SMILES string of the molecule is CC(O)C(NC(=O)C(Cc1ccccc1)NC(=O)C(N)CCCCN)C(=O)NC(CCC(N)=O)C(=O)O. The van der Waals surface area contributed by atoms with Crippen molar-refractivity contribution in [1.29, 1.82) is 0 Å². The van der Waals surface area contributed by atoms with Crippen LogP contribution in [0.1, 0.15) is 44.6 Å². The van der Waals surface area contributed by atoms with E-state index >= 15 is 0 Å². The predicted octanol–water partition coefficient (Wildman–Crippen LogP) is -2.13. The van der Waals surface area contributed by atoms with Crippen molar-refractivity contribution in [3.63, 3.8) is 0 Å². The van der Waals surface area contributed by atoms with E-state index in [0.717, 1.165) is 5.56 Å². The molecule has 0 saturated heterocycles. The number of aliphatic hydroxyl groups excluding tert-OH is 1. The molecule has 1 rings (SSSR count). The number of hydrogen-bond donors (Lipinski definition) is 8. The number of unbranched alkanes of at least 4 members (excludes halogenated alkanes) is 1. The summed E-state index contributed by atoms with van der Waals surface area (Å²) in [4.78, 5) is 61.1. The number of benzene rings is 1. The third-order valence-corrected chi connectivity index (χ3v) is 5.58. The highest BCUT2D eigenvalue weighted by Gasteiger charge is 2.33. The van der Waals surface area contributed by atoms with Crippen LogP contribution in [0.25, 0.3) is 0 Å². The quantitative estimate of drug-likeness (QED) is 0.104. The number of carboxylic acids is 1. The van der Waals surface area contributed by atoms with Crippen LogP contribution in [0.4, 0.5) is 0 Å². The van der Waals surface area contributed by atoms with Gasteiger partial charge < -0.3 is 43.4 Å². The highest BCUT2D eigenvalue weighted by atomic mass is 16.4. The zero-order valence-corrected chi connectivity index (χ0v) is 20.9. The number of carbonyl (C=O) groups excluding carboxylic acids is 4. The van der Waals surface area contributed by atoms with Crippen molar-refractivity contribution in [3.05, 3.63) is 35.9 Å². The minimum absolute atomic E-state index is 0.0679. The lowest BCUT2D eigenvalue weighted by atomic mass is 10.0. The lowest BCUT2D eigenvalue weighted by Gasteiger charge is -2.26. The Hall–Kier alpha value is -3.55. The van der Waals surface area contributed by atoms with Gasteiger partial charge >= 0.3 is 5.97 Å². The topological polar surface area (TPSA) is 240 Å². The molecule has 13 nitrogen and oxygen atoms in total. The van der Waals surface area contributed by atoms with Gasteiger partial charge in [-0.25, -0.2) is 4.79 Å². The Labute approximate surface area is 215 Å². The number of carbonyl (C=O) groups is 5. The van der Waals surface area contributed by atoms with Gasteiger partial charge in [-0.3, -0.25) is 19.2 Å². The zero-order valence-electron chi connectivity index (χ0n) is 20.9. The van der Waals surface area contributed by atoms with Crippen LogP contribution in [0.5, 0.6) is 0 Å². The zero-order chi connectivity index (χ0) is 28.0. The Kier molecular flexibility index (Phi) is 13.8. The molecule has 13 heteroatoms. The minimum atomic E-state index is -1.55. The first-order valence-corrected chi connectivity index (χ1v) is 12.1. The Morgan fingerprint density at radius 3 is 2.05 bits per heavy atom. The molecule has 0 heterocycles. The maximum absolute atomic E-state index is 13.2. The van der Waals surface area contributed by atoms with E-state index in [9.17, 15) is 34.2 Å². The molecule has 0 bridgehead atoms. The lowest BCUT2D eigenvalue weighted by molar-refractivity contribution is -0.143. The fourth-order valence-electron chi connectivity index (χ4n) is 3.44. The van der Waals surface area contributed by atoms with Crippen LogP contribution in [0.3, 0.4) is 0 Å². The van der Waals surface area contributed by atoms with E-state index in [-0.39, 0.29) is 19.3 Å². The van der Waals surface area contributed by atoms with Crippen LogP contribution < -0.4 is 33.2 Å². The highest BCUT2D eigenvalue weighted by molar-refractivity contribution is 5.94. The van der Waals surface area contributed by atoms with Gasteiger partial charge in [0.05, 0.1) is 12.1 Å². The molecular formula is C24H38N6O7. The van der Waals surface area contributed by atoms with Crippen molar-refractivity contribution in [2.45, 2.75) is 75.7 Å². The summed E-state index contributed by atoms with van der Waals surface area (Å²) in [5, 5.41) is 26.7. The molecule has 0 spiro atoms. The molecule has 0 fully saturated rings. The Morgan fingerprint density at radius 1 is 0.892 bits per heavy atom. The molecule has 0 aliphatic carbocycles. The van der Waals surface area contributed by atoms with E-state index < -0.39 is 59.9 Å². The van der Waals surface area contributed by atoms with Crippen molar-refractivity contribution in [1.82, 2.24) is 16.0 Å². The van der Waals surface area contributed by atoms with E-state index in [1.807, 2.05) is 0 Å². The number of hydrogen-bond acceptors (Lipinski definition) is 8. The molecule has 5 atom stereocenters. The monoisotopic (exact) mass is 522 g/mol. The van der Waals surface area contributed by atoms with Crippen molar-refractivity contribution >= 4 is 29.6 Å². The number of primary amides is 1. The molecule has 11 N–H and O–H groups in total. The fourth-order valence-corrected chi connectivity index (χ4v) is 3.44. The molecule has 1 aromatic carbocycles. The second-order valence-electron chi connectivity index (χ2n) is 8.77. The molecule has 0 aliphatic rings. The second-order valence-corrected chi connectivity index (χ2v) is 8.77. The van der Waals surface area contributed by atoms with Crippen LogP contribution >= 0.6 is 0 Å². The number of nitrogens with one attached hydrogen (secondary N) is 3. The van der Waals surface area contributed by atoms with Gasteiger partial charge in [-0.05, 0) is 38.3 Å². The summed E-state index contributed by atoms with van der Waals surface area (Å²) in [6, 6.07) is 3.77. The van der Waals surface area contributed by atoms with Crippen LogP contribution in [0.2, 0.25) is 0 Å². The molecule has 0 radical (unpaired) electrons. The third-order valence-electron chi connectivity index (χ3n) is 5.58. The summed E-state index contributed by atoms with van der Waals surface area (Å²) in [6.07, 6.45) is -0.226. The van der Waals surface area contributed by atoms with Crippen molar-refractivity contribution < 1.29 is 34.2 Å². The third kappa shape index (κ3) is 11.8. The lowest BCUT2D eigenvalue weighted by Crippen LogP contribution is -2.60. The molecule has 0 saturated carbocycles. The molecule has 5 unspecified atom stereocenters. The van der Waals surface area contributed by atoms with Crippen molar-refractivity contribution in [2.75, 3.05) is 6.54 Å². The van der Waals surface area contributed by atoms with Crippen LogP contribution in [0, 0.1) is 0 Å². The smallest absolute Gasteiger partial charge is 0.326 e. The molecule has 206 valence electrons. The van der Waals surface area contributed by atoms with E-state index in [2.05, 4.69) is 16.0 Å². The molecule has 4 amide bonds. The van der Waals surface area contributed by atoms with Gasteiger partial charge in [0.15, 0.2) is 0 Å². The first-order valence-electron chi connectivity index (χ1n) is 12.1. The standard InChI is InChI=1S/C24H38N6O7/c1-14(31)20(23(35)28-17(24(36)37)10-11-19(27)32)30-22(34)18(13-15-7-3-2-4-8-15)29-21(33)16(26)9-5-6-12-25/h2-4,7-8,14,16-18,20,31H,5-6,9-13,25-26H2,1H3,(H2,27,32)(H,28,35)(H,29,33)(H,30,34)(H,36,37). The van der Waals surface area contributed by atoms with Gasteiger partial charge in [-0.2, -0.15) is 0 Å². The van der Waals surface area contributed by atoms with E-state index in [1.165, 1.54) is 6.92 Å². The van der Waals surface area contributed by atoms with Crippen LogP contribution in [0.15, 0.2) is 30.3 Å². The molecular weight excluding hydrogens is 484 g/mol. The van der Waals surface area contributed by atoms with Crippen molar-refractivity contribution in [3.8, 4) is 0 Å². The number of rotatable bonds is 17. The van der Waals surface area contributed by atoms with E-state index in [4.69, 9.17) is 17.2 Å². The first-order chi connectivity index (χ1) is 17.5. The Bertz CT molecular complexity index is 912. The summed E-state index contributed by atoms with van der Waals surface area (Å²) in [6.45, 7) is 1.70. The van der Waals surface area contributed by atoms with E-state index in [1.54, 1.807) is 30.3 Å². The number of aliphatic hydroxyl groups is 1. The number of nitrogens with two attached hydrogens (primary N) is 3. The van der Waals surface area contributed by atoms with Gasteiger partial charge in [-0.1, -0.05) is 36.8 Å². The summed E-state index contributed by atoms with van der Waals surface area (Å²) in [7, 11) is 0. The number of amides is 4. The minimum Gasteiger partial charge on any atom is -0.480 e. The van der Waals surface area contributed by atoms with E-state index in [0.29, 0.717) is 25.8 Å². The van der Waals surface area contributed by atoms with Crippen LogP contribution in [-0.4, -0.2) is 76.6 Å². The first kappa shape index (κ1) is 31.5. The number of carboxylic acid groups (broad SMARTS) is 1. The maximum atomic E-state index is 13.2. The largest absolute Gasteiger partial charge is 0.480 e. The summed E-state index contributed by atoms with van der Waals surface area (Å²) < 4.78 is 0.